The van der Waals surface area contributed by atoms with E-state index in [9.17, 15) is 9.59 Å². The Hall–Kier alpha value is -2.95. The van der Waals surface area contributed by atoms with E-state index in [0.717, 1.165) is 6.42 Å². The maximum Gasteiger partial charge on any atom is 0.335 e. The second-order valence-electron chi connectivity index (χ2n) is 5.52. The van der Waals surface area contributed by atoms with Crippen LogP contribution in [-0.4, -0.2) is 23.2 Å². The average molecular weight is 308 g/mol. The SMILES string of the molecule is O=C(O)c1cccc(C=NNC(=O)C2CC2c2ccccc2)c1. The van der Waals surface area contributed by atoms with Crippen LogP contribution in [0.4, 0.5) is 0 Å². The summed E-state index contributed by atoms with van der Waals surface area (Å²) in [6, 6.07) is 16.3. The normalized spacial score (nSPS) is 19.5. The fraction of sp³-hybridized carbons (Fsp3) is 0.167. The monoisotopic (exact) mass is 308 g/mol. The lowest BCUT2D eigenvalue weighted by Gasteiger charge is -2.00. The molecule has 0 spiro atoms. The molecule has 1 fully saturated rings. The lowest BCUT2D eigenvalue weighted by Crippen LogP contribution is -2.20. The quantitative estimate of drug-likeness (QED) is 0.658. The molecule has 2 aromatic rings. The summed E-state index contributed by atoms with van der Waals surface area (Å²) in [5, 5.41) is 12.8. The fourth-order valence-corrected chi connectivity index (χ4v) is 2.56. The summed E-state index contributed by atoms with van der Waals surface area (Å²) in [5.41, 5.74) is 4.51. The van der Waals surface area contributed by atoms with Gasteiger partial charge in [-0.15, -0.1) is 0 Å². The first kappa shape index (κ1) is 15.0. The molecule has 116 valence electrons. The van der Waals surface area contributed by atoms with E-state index in [0.29, 0.717) is 5.56 Å². The van der Waals surface area contributed by atoms with Crippen LogP contribution in [-0.2, 0) is 4.79 Å². The molecule has 1 aliphatic rings. The van der Waals surface area contributed by atoms with Crippen molar-refractivity contribution in [3.8, 4) is 0 Å². The predicted octanol–water partition coefficient (Wildman–Crippen LogP) is 2.64. The topological polar surface area (TPSA) is 78.8 Å². The summed E-state index contributed by atoms with van der Waals surface area (Å²) < 4.78 is 0. The molecule has 3 rings (SSSR count). The van der Waals surface area contributed by atoms with Crippen LogP contribution >= 0.6 is 0 Å². The van der Waals surface area contributed by atoms with Gasteiger partial charge in [-0.3, -0.25) is 4.79 Å². The van der Waals surface area contributed by atoms with E-state index in [1.807, 2.05) is 30.3 Å². The van der Waals surface area contributed by atoms with Crippen molar-refractivity contribution in [2.45, 2.75) is 12.3 Å². The van der Waals surface area contributed by atoms with E-state index in [2.05, 4.69) is 10.5 Å². The van der Waals surface area contributed by atoms with Crippen LogP contribution in [0.25, 0.3) is 0 Å². The fourth-order valence-electron chi connectivity index (χ4n) is 2.56. The number of aromatic carboxylic acids is 1. The van der Waals surface area contributed by atoms with E-state index in [-0.39, 0.29) is 23.3 Å². The molecule has 2 atom stereocenters. The molecule has 2 unspecified atom stereocenters. The lowest BCUT2D eigenvalue weighted by molar-refractivity contribution is -0.122. The zero-order valence-corrected chi connectivity index (χ0v) is 12.3. The molecular weight excluding hydrogens is 292 g/mol. The van der Waals surface area contributed by atoms with E-state index in [4.69, 9.17) is 5.11 Å². The minimum Gasteiger partial charge on any atom is -0.478 e. The average Bonchev–Trinajstić information content (AvgIpc) is 3.36. The molecule has 0 heterocycles. The van der Waals surface area contributed by atoms with E-state index in [1.165, 1.54) is 23.9 Å². The largest absolute Gasteiger partial charge is 0.478 e. The van der Waals surface area contributed by atoms with Crippen molar-refractivity contribution in [2.24, 2.45) is 11.0 Å². The van der Waals surface area contributed by atoms with Gasteiger partial charge in [-0.05, 0) is 35.6 Å². The molecule has 2 N–H and O–H groups in total. The number of carbonyl (C=O) groups is 2. The molecule has 0 aliphatic heterocycles. The molecule has 0 saturated heterocycles. The minimum absolute atomic E-state index is 0.0418. The van der Waals surface area contributed by atoms with Gasteiger partial charge in [0.25, 0.3) is 0 Å². The highest BCUT2D eigenvalue weighted by Crippen LogP contribution is 2.47. The second-order valence-corrected chi connectivity index (χ2v) is 5.52. The van der Waals surface area contributed by atoms with Crippen molar-refractivity contribution in [3.63, 3.8) is 0 Å². The van der Waals surface area contributed by atoms with Gasteiger partial charge in [0.1, 0.15) is 0 Å². The van der Waals surface area contributed by atoms with Crippen molar-refractivity contribution >= 4 is 18.1 Å². The highest BCUT2D eigenvalue weighted by molar-refractivity contribution is 5.91. The molecule has 1 saturated carbocycles. The van der Waals surface area contributed by atoms with E-state index >= 15 is 0 Å². The molecule has 1 amide bonds. The summed E-state index contributed by atoms with van der Waals surface area (Å²) in [6.45, 7) is 0. The number of amides is 1. The summed E-state index contributed by atoms with van der Waals surface area (Å²) in [5.74, 6) is -0.876. The summed E-state index contributed by atoms with van der Waals surface area (Å²) in [4.78, 5) is 22.9. The number of carbonyl (C=O) groups excluding carboxylic acids is 1. The Morgan fingerprint density at radius 2 is 1.91 bits per heavy atom. The van der Waals surface area contributed by atoms with Gasteiger partial charge in [-0.25, -0.2) is 10.2 Å². The van der Waals surface area contributed by atoms with Gasteiger partial charge < -0.3 is 5.11 Å². The third kappa shape index (κ3) is 3.63. The number of rotatable bonds is 5. The first-order valence-corrected chi connectivity index (χ1v) is 7.36. The van der Waals surface area contributed by atoms with Crippen molar-refractivity contribution in [1.82, 2.24) is 5.43 Å². The number of carboxylic acids is 1. The Balaban J connectivity index is 1.56. The zero-order valence-electron chi connectivity index (χ0n) is 12.3. The van der Waals surface area contributed by atoms with Crippen LogP contribution in [0.1, 0.15) is 33.8 Å². The highest BCUT2D eigenvalue weighted by atomic mass is 16.4. The maximum absolute atomic E-state index is 12.0. The Kier molecular flexibility index (Phi) is 4.19. The highest BCUT2D eigenvalue weighted by Gasteiger charge is 2.43. The van der Waals surface area contributed by atoms with Crippen LogP contribution in [0.15, 0.2) is 59.7 Å². The zero-order chi connectivity index (χ0) is 16.2. The molecule has 2 aromatic carbocycles. The number of hydrogen-bond acceptors (Lipinski definition) is 3. The van der Waals surface area contributed by atoms with E-state index < -0.39 is 5.97 Å². The number of carboxylic acid groups (broad SMARTS) is 1. The van der Waals surface area contributed by atoms with E-state index in [1.54, 1.807) is 12.1 Å². The van der Waals surface area contributed by atoms with Crippen molar-refractivity contribution in [3.05, 3.63) is 71.3 Å². The summed E-state index contributed by atoms with van der Waals surface area (Å²) >= 11 is 0. The smallest absolute Gasteiger partial charge is 0.335 e. The number of nitrogens with zero attached hydrogens (tertiary/aromatic N) is 1. The first-order chi connectivity index (χ1) is 11.1. The predicted molar refractivity (Wildman–Crippen MR) is 86.4 cm³/mol. The number of hydrazone groups is 1. The summed E-state index contributed by atoms with van der Waals surface area (Å²) in [7, 11) is 0. The van der Waals surface area contributed by atoms with Crippen LogP contribution in [0.2, 0.25) is 0 Å². The first-order valence-electron chi connectivity index (χ1n) is 7.36. The van der Waals surface area contributed by atoms with Crippen LogP contribution < -0.4 is 5.43 Å². The lowest BCUT2D eigenvalue weighted by atomic mass is 10.1. The van der Waals surface area contributed by atoms with Gasteiger partial charge in [0.05, 0.1) is 11.8 Å². The Bertz CT molecular complexity index is 756. The van der Waals surface area contributed by atoms with Gasteiger partial charge in [0, 0.05) is 5.92 Å². The van der Waals surface area contributed by atoms with Crippen LogP contribution in [0.5, 0.6) is 0 Å². The molecular formula is C18H16N2O3. The number of nitrogens with one attached hydrogen (secondary N) is 1. The molecule has 5 heteroatoms. The summed E-state index contributed by atoms with van der Waals surface area (Å²) in [6.07, 6.45) is 2.28. The van der Waals surface area contributed by atoms with Gasteiger partial charge in [-0.1, -0.05) is 42.5 Å². The van der Waals surface area contributed by atoms with Crippen molar-refractivity contribution < 1.29 is 14.7 Å². The maximum atomic E-state index is 12.0. The molecule has 5 nitrogen and oxygen atoms in total. The molecule has 0 bridgehead atoms. The molecule has 23 heavy (non-hydrogen) atoms. The van der Waals surface area contributed by atoms with Gasteiger partial charge in [0.15, 0.2) is 0 Å². The van der Waals surface area contributed by atoms with Crippen LogP contribution in [0, 0.1) is 5.92 Å². The van der Waals surface area contributed by atoms with Gasteiger partial charge in [0.2, 0.25) is 5.91 Å². The molecule has 1 aliphatic carbocycles. The van der Waals surface area contributed by atoms with Crippen LogP contribution in [0.3, 0.4) is 0 Å². The molecule has 0 aromatic heterocycles. The molecule has 0 radical (unpaired) electrons. The Morgan fingerprint density at radius 1 is 1.13 bits per heavy atom. The third-order valence-electron chi connectivity index (χ3n) is 3.88. The Labute approximate surface area is 133 Å². The Morgan fingerprint density at radius 3 is 2.65 bits per heavy atom. The standard InChI is InChI=1S/C18H16N2O3/c21-17(16-10-15(16)13-6-2-1-3-7-13)20-19-11-12-5-4-8-14(9-12)18(22)23/h1-9,11,15-16H,10H2,(H,20,21)(H,22,23). The van der Waals surface area contributed by atoms with Gasteiger partial charge >= 0.3 is 5.97 Å². The van der Waals surface area contributed by atoms with Gasteiger partial charge in [-0.2, -0.15) is 5.10 Å². The number of benzene rings is 2. The number of hydrogen-bond donors (Lipinski definition) is 2. The third-order valence-corrected chi connectivity index (χ3v) is 3.88. The minimum atomic E-state index is -0.993. The van der Waals surface area contributed by atoms with Crippen molar-refractivity contribution in [2.75, 3.05) is 0 Å². The second kappa shape index (κ2) is 6.44. The van der Waals surface area contributed by atoms with Crippen molar-refractivity contribution in [1.29, 1.82) is 0 Å².